The van der Waals surface area contributed by atoms with Gasteiger partial charge in [-0.15, -0.1) is 12.5 Å². The van der Waals surface area contributed by atoms with E-state index in [0.29, 0.717) is 0 Å². The number of Topliss-reactive ketones (excluding diaryl/α,β-unsaturated/α-hetero) is 1. The third-order valence-electron chi connectivity index (χ3n) is 3.91. The first-order valence-electron chi connectivity index (χ1n) is 8.59. The van der Waals surface area contributed by atoms with Crippen LogP contribution in [-0.4, -0.2) is 5.78 Å². The Labute approximate surface area is 163 Å². The van der Waals surface area contributed by atoms with Crippen molar-refractivity contribution in [1.29, 1.82) is 0 Å². The molecule has 3 rings (SSSR count). The molecule has 0 amide bonds. The second-order valence-corrected chi connectivity index (χ2v) is 7.07. The maximum Gasteiger partial charge on any atom is 2.00 e. The predicted molar refractivity (Wildman–Crippen MR) is 100 cm³/mol. The molecule has 2 aliphatic carbocycles. The van der Waals surface area contributed by atoms with Crippen LogP contribution in [0.3, 0.4) is 0 Å². The van der Waals surface area contributed by atoms with Gasteiger partial charge in [-0.1, -0.05) is 63.9 Å². The van der Waals surface area contributed by atoms with E-state index in [1.807, 2.05) is 32.9 Å². The number of ketones is 1. The number of rotatable bonds is 4. The Bertz CT molecular complexity index is 670. The first-order valence-corrected chi connectivity index (χ1v) is 8.59. The molecular formula is C23H26FeO. The fourth-order valence-electron chi connectivity index (χ4n) is 2.51. The number of carbonyl (C=O) groups excluding carboxylic acids is 1. The smallest absolute Gasteiger partial charge is 0.370 e. The Balaban J connectivity index is 0.000000244. The number of hydrogen-bond donors (Lipinski definition) is 0. The molecule has 2 heteroatoms. The Morgan fingerprint density at radius 1 is 0.960 bits per heavy atom. The van der Waals surface area contributed by atoms with Crippen LogP contribution in [0.4, 0.5) is 0 Å². The van der Waals surface area contributed by atoms with Crippen LogP contribution in [-0.2, 0) is 28.3 Å². The van der Waals surface area contributed by atoms with Gasteiger partial charge in [0.2, 0.25) is 0 Å². The molecule has 1 aromatic carbocycles. The summed E-state index contributed by atoms with van der Waals surface area (Å²) in [6.45, 7) is 5.78. The van der Waals surface area contributed by atoms with Crippen molar-refractivity contribution in [3.05, 3.63) is 83.5 Å². The maximum absolute atomic E-state index is 11.5. The zero-order chi connectivity index (χ0) is 17.4. The molecule has 0 N–H and O–H groups in total. The Hall–Kier alpha value is -1.63. The molecule has 1 nitrogen and oxygen atoms in total. The summed E-state index contributed by atoms with van der Waals surface area (Å²) in [6.07, 6.45) is 18.6. The van der Waals surface area contributed by atoms with Gasteiger partial charge >= 0.3 is 17.1 Å². The van der Waals surface area contributed by atoms with Crippen LogP contribution >= 0.6 is 0 Å². The summed E-state index contributed by atoms with van der Waals surface area (Å²) >= 11 is 0. The molecule has 0 aromatic heterocycles. The van der Waals surface area contributed by atoms with Crippen molar-refractivity contribution in [2.24, 2.45) is 5.41 Å². The van der Waals surface area contributed by atoms with E-state index in [1.54, 1.807) is 0 Å². The van der Waals surface area contributed by atoms with Crippen LogP contribution in [0, 0.1) is 17.6 Å². The molecule has 1 aromatic rings. The van der Waals surface area contributed by atoms with Gasteiger partial charge in [-0.3, -0.25) is 6.08 Å². The van der Waals surface area contributed by atoms with Crippen molar-refractivity contribution < 1.29 is 21.9 Å². The van der Waals surface area contributed by atoms with Gasteiger partial charge in [-0.05, 0) is 17.4 Å². The van der Waals surface area contributed by atoms with Crippen molar-refractivity contribution in [2.75, 3.05) is 0 Å². The van der Waals surface area contributed by atoms with Crippen molar-refractivity contribution in [3.63, 3.8) is 0 Å². The number of allylic oxidation sites excluding steroid dienone is 8. The van der Waals surface area contributed by atoms with E-state index in [1.165, 1.54) is 11.1 Å². The predicted octanol–water partition coefficient (Wildman–Crippen LogP) is 5.60. The van der Waals surface area contributed by atoms with E-state index in [4.69, 9.17) is 0 Å². The molecule has 0 unspecified atom stereocenters. The molecule has 2 aliphatic rings. The SMILES string of the molecule is CC(C)(C)C(=O)C1=[C-]CC=C1.[C-]1=C(CCc2ccccc2)C=CC1.[Fe+2]. The molecule has 0 saturated heterocycles. The Morgan fingerprint density at radius 3 is 2.12 bits per heavy atom. The molecule has 0 saturated carbocycles. The van der Waals surface area contributed by atoms with Gasteiger partial charge in [0.15, 0.2) is 0 Å². The quantitative estimate of drug-likeness (QED) is 0.495. The van der Waals surface area contributed by atoms with Gasteiger partial charge in [0, 0.05) is 0 Å². The van der Waals surface area contributed by atoms with Crippen molar-refractivity contribution >= 4 is 5.78 Å². The summed E-state index contributed by atoms with van der Waals surface area (Å²) in [4.78, 5) is 11.5. The third kappa shape index (κ3) is 7.42. The van der Waals surface area contributed by atoms with E-state index >= 15 is 0 Å². The summed E-state index contributed by atoms with van der Waals surface area (Å²) in [6, 6.07) is 10.6. The molecule has 0 radical (unpaired) electrons. The van der Waals surface area contributed by atoms with E-state index in [2.05, 4.69) is 54.6 Å². The standard InChI is InChI=1S/C13H13.C10H13O.Fe/c1-2-6-12(7-3-1)10-11-13-8-4-5-9-13;1-10(2,3)9(11)8-6-4-5-7-8;/h1-4,6-8H,5,10-11H2;4,6H,5H2,1-3H3;/q2*-1;+2. The fourth-order valence-corrected chi connectivity index (χ4v) is 2.51. The summed E-state index contributed by atoms with van der Waals surface area (Å²) in [5.41, 5.74) is 3.26. The molecular weight excluding hydrogens is 348 g/mol. The first-order chi connectivity index (χ1) is 11.5. The van der Waals surface area contributed by atoms with Gasteiger partial charge in [0.1, 0.15) is 0 Å². The first kappa shape index (κ1) is 21.4. The molecule has 0 fully saturated rings. The average molecular weight is 374 g/mol. The van der Waals surface area contributed by atoms with E-state index in [-0.39, 0.29) is 28.3 Å². The van der Waals surface area contributed by atoms with Crippen LogP contribution in [0.15, 0.2) is 65.8 Å². The van der Waals surface area contributed by atoms with Crippen LogP contribution in [0.5, 0.6) is 0 Å². The molecule has 0 heterocycles. The topological polar surface area (TPSA) is 17.1 Å². The maximum atomic E-state index is 11.5. The van der Waals surface area contributed by atoms with E-state index in [0.717, 1.165) is 31.3 Å². The molecule has 0 atom stereocenters. The van der Waals surface area contributed by atoms with E-state index in [9.17, 15) is 4.79 Å². The van der Waals surface area contributed by atoms with Crippen LogP contribution in [0.2, 0.25) is 0 Å². The normalized spacial score (nSPS) is 15.0. The molecule has 25 heavy (non-hydrogen) atoms. The monoisotopic (exact) mass is 374 g/mol. The van der Waals surface area contributed by atoms with Gasteiger partial charge < -0.3 is 4.79 Å². The Kier molecular flexibility index (Phi) is 8.89. The van der Waals surface area contributed by atoms with Crippen LogP contribution < -0.4 is 0 Å². The molecule has 0 aliphatic heterocycles. The summed E-state index contributed by atoms with van der Waals surface area (Å²) in [5.74, 6) is 0.186. The van der Waals surface area contributed by atoms with Crippen molar-refractivity contribution in [1.82, 2.24) is 0 Å². The van der Waals surface area contributed by atoms with Crippen LogP contribution in [0.1, 0.15) is 45.6 Å². The van der Waals surface area contributed by atoms with Gasteiger partial charge in [-0.2, -0.15) is 23.8 Å². The second-order valence-electron chi connectivity index (χ2n) is 7.07. The fraction of sp³-hybridized carbons (Fsp3) is 0.348. The van der Waals surface area contributed by atoms with Gasteiger partial charge in [0.25, 0.3) is 0 Å². The second kappa shape index (κ2) is 10.4. The minimum absolute atomic E-state index is 0. The molecule has 132 valence electrons. The van der Waals surface area contributed by atoms with Gasteiger partial charge in [0.05, 0.1) is 5.78 Å². The minimum atomic E-state index is -0.267. The van der Waals surface area contributed by atoms with Crippen LogP contribution in [0.25, 0.3) is 0 Å². The minimum Gasteiger partial charge on any atom is -0.370 e. The average Bonchev–Trinajstić information content (AvgIpc) is 3.26. The van der Waals surface area contributed by atoms with Crippen molar-refractivity contribution in [3.8, 4) is 0 Å². The molecule has 0 spiro atoms. The summed E-state index contributed by atoms with van der Waals surface area (Å²) in [5, 5.41) is 0. The zero-order valence-electron chi connectivity index (χ0n) is 15.3. The summed E-state index contributed by atoms with van der Waals surface area (Å²) < 4.78 is 0. The van der Waals surface area contributed by atoms with Gasteiger partial charge in [-0.25, -0.2) is 11.6 Å². The summed E-state index contributed by atoms with van der Waals surface area (Å²) in [7, 11) is 0. The van der Waals surface area contributed by atoms with Crippen molar-refractivity contribution in [2.45, 2.75) is 46.5 Å². The number of hydrogen-bond acceptors (Lipinski definition) is 1. The number of carbonyl (C=O) groups is 1. The number of benzene rings is 1. The molecule has 0 bridgehead atoms. The Morgan fingerprint density at radius 2 is 1.60 bits per heavy atom. The van der Waals surface area contributed by atoms with E-state index < -0.39 is 0 Å². The largest absolute Gasteiger partial charge is 2.00 e. The number of aryl methyl sites for hydroxylation is 1. The third-order valence-corrected chi connectivity index (χ3v) is 3.91. The zero-order valence-corrected chi connectivity index (χ0v) is 16.4.